The highest BCUT2D eigenvalue weighted by atomic mass is 16.5. The lowest BCUT2D eigenvalue weighted by Gasteiger charge is -2.14. The van der Waals surface area contributed by atoms with Crippen LogP contribution in [0.1, 0.15) is 31.2 Å². The average molecular weight is 297 g/mol. The Morgan fingerprint density at radius 2 is 2.00 bits per heavy atom. The second-order valence-corrected chi connectivity index (χ2v) is 5.18. The van der Waals surface area contributed by atoms with Crippen LogP contribution in [0.5, 0.6) is 11.9 Å². The molecule has 5 heteroatoms. The molecule has 0 unspecified atom stereocenters. The SMILES string of the molecule is COc1ncc(-c2cc(C3=CCCCC3)ccn2)c(OC)n1. The second kappa shape index (κ2) is 6.56. The summed E-state index contributed by atoms with van der Waals surface area (Å²) in [5.74, 6) is 0.467. The first-order valence-corrected chi connectivity index (χ1v) is 7.42. The van der Waals surface area contributed by atoms with Gasteiger partial charge in [0.25, 0.3) is 0 Å². The number of hydrogen-bond donors (Lipinski definition) is 0. The molecule has 0 N–H and O–H groups in total. The molecule has 0 aliphatic heterocycles. The van der Waals surface area contributed by atoms with Crippen molar-refractivity contribution in [2.45, 2.75) is 25.7 Å². The van der Waals surface area contributed by atoms with Crippen LogP contribution < -0.4 is 9.47 Å². The van der Waals surface area contributed by atoms with Gasteiger partial charge in [0, 0.05) is 12.4 Å². The molecule has 22 heavy (non-hydrogen) atoms. The number of methoxy groups -OCH3 is 2. The van der Waals surface area contributed by atoms with Crippen LogP contribution in [0, 0.1) is 0 Å². The lowest BCUT2D eigenvalue weighted by atomic mass is 9.93. The number of rotatable bonds is 4. The fourth-order valence-corrected chi connectivity index (χ4v) is 2.66. The van der Waals surface area contributed by atoms with E-state index < -0.39 is 0 Å². The lowest BCUT2D eigenvalue weighted by Crippen LogP contribution is -1.99. The molecular weight excluding hydrogens is 278 g/mol. The zero-order chi connectivity index (χ0) is 15.4. The van der Waals surface area contributed by atoms with E-state index in [-0.39, 0.29) is 6.01 Å². The summed E-state index contributed by atoms with van der Waals surface area (Å²) in [5, 5.41) is 0. The summed E-state index contributed by atoms with van der Waals surface area (Å²) in [4.78, 5) is 12.8. The van der Waals surface area contributed by atoms with Crippen LogP contribution in [-0.2, 0) is 0 Å². The van der Waals surface area contributed by atoms with Gasteiger partial charge in [-0.1, -0.05) is 6.08 Å². The lowest BCUT2D eigenvalue weighted by molar-refractivity contribution is 0.353. The Bertz CT molecular complexity index is 698. The van der Waals surface area contributed by atoms with Gasteiger partial charge in [-0.3, -0.25) is 4.98 Å². The fraction of sp³-hybridized carbons (Fsp3) is 0.353. The van der Waals surface area contributed by atoms with E-state index in [1.54, 1.807) is 13.3 Å². The minimum Gasteiger partial charge on any atom is -0.480 e. The van der Waals surface area contributed by atoms with Crippen molar-refractivity contribution in [2.75, 3.05) is 14.2 Å². The Hall–Kier alpha value is -2.43. The smallest absolute Gasteiger partial charge is 0.319 e. The summed E-state index contributed by atoms with van der Waals surface area (Å²) in [6.45, 7) is 0. The van der Waals surface area contributed by atoms with E-state index in [0.717, 1.165) is 24.1 Å². The molecule has 0 atom stereocenters. The summed E-state index contributed by atoms with van der Waals surface area (Å²) < 4.78 is 10.4. The standard InChI is InChI=1S/C17H19N3O2/c1-21-16-14(11-19-17(20-16)22-2)15-10-13(8-9-18-15)12-6-4-3-5-7-12/h6,8-11H,3-5,7H2,1-2H3. The molecule has 0 fully saturated rings. The molecule has 3 rings (SSSR count). The van der Waals surface area contributed by atoms with E-state index >= 15 is 0 Å². The van der Waals surface area contributed by atoms with E-state index in [1.165, 1.54) is 31.1 Å². The number of allylic oxidation sites excluding steroid dienone is 2. The molecule has 0 saturated carbocycles. The highest BCUT2D eigenvalue weighted by Crippen LogP contribution is 2.31. The Labute approximate surface area is 130 Å². The minimum atomic E-state index is 0.284. The Kier molecular flexibility index (Phi) is 4.32. The maximum absolute atomic E-state index is 5.34. The predicted molar refractivity (Wildman–Crippen MR) is 84.8 cm³/mol. The molecule has 2 heterocycles. The minimum absolute atomic E-state index is 0.284. The first-order valence-electron chi connectivity index (χ1n) is 7.42. The van der Waals surface area contributed by atoms with Crippen LogP contribution >= 0.6 is 0 Å². The summed E-state index contributed by atoms with van der Waals surface area (Å²) in [6.07, 6.45) is 10.6. The monoisotopic (exact) mass is 297 g/mol. The van der Waals surface area contributed by atoms with E-state index in [2.05, 4.69) is 33.2 Å². The van der Waals surface area contributed by atoms with E-state index in [9.17, 15) is 0 Å². The molecule has 1 aliphatic carbocycles. The van der Waals surface area contributed by atoms with Gasteiger partial charge in [0.1, 0.15) is 0 Å². The van der Waals surface area contributed by atoms with Crippen molar-refractivity contribution in [2.24, 2.45) is 0 Å². The van der Waals surface area contributed by atoms with Crippen molar-refractivity contribution in [3.63, 3.8) is 0 Å². The normalized spacial score (nSPS) is 14.4. The molecule has 1 aliphatic rings. The fourth-order valence-electron chi connectivity index (χ4n) is 2.66. The summed E-state index contributed by atoms with van der Waals surface area (Å²) in [7, 11) is 3.11. The first kappa shape index (κ1) is 14.5. The molecule has 114 valence electrons. The Morgan fingerprint density at radius 1 is 1.09 bits per heavy atom. The summed E-state index contributed by atoms with van der Waals surface area (Å²) >= 11 is 0. The quantitative estimate of drug-likeness (QED) is 0.864. The van der Waals surface area contributed by atoms with Gasteiger partial charge in [-0.25, -0.2) is 4.98 Å². The van der Waals surface area contributed by atoms with Crippen molar-refractivity contribution in [1.29, 1.82) is 0 Å². The Morgan fingerprint density at radius 3 is 2.73 bits per heavy atom. The molecule has 0 saturated heterocycles. The third kappa shape index (κ3) is 2.93. The van der Waals surface area contributed by atoms with Crippen LogP contribution in [0.2, 0.25) is 0 Å². The highest BCUT2D eigenvalue weighted by molar-refractivity contribution is 5.72. The largest absolute Gasteiger partial charge is 0.480 e. The zero-order valence-corrected chi connectivity index (χ0v) is 12.9. The van der Waals surface area contributed by atoms with Crippen LogP contribution in [0.25, 0.3) is 16.8 Å². The molecule has 0 bridgehead atoms. The van der Waals surface area contributed by atoms with Gasteiger partial charge in [-0.2, -0.15) is 4.98 Å². The van der Waals surface area contributed by atoms with Crippen molar-refractivity contribution < 1.29 is 9.47 Å². The van der Waals surface area contributed by atoms with Gasteiger partial charge in [-0.15, -0.1) is 0 Å². The van der Waals surface area contributed by atoms with Gasteiger partial charge in [0.15, 0.2) is 0 Å². The maximum atomic E-state index is 5.34. The van der Waals surface area contributed by atoms with Crippen molar-refractivity contribution in [3.8, 4) is 23.1 Å². The maximum Gasteiger partial charge on any atom is 0.319 e. The molecule has 0 spiro atoms. The topological polar surface area (TPSA) is 57.1 Å². The second-order valence-electron chi connectivity index (χ2n) is 5.18. The number of hydrogen-bond acceptors (Lipinski definition) is 5. The molecule has 2 aromatic heterocycles. The van der Waals surface area contributed by atoms with Gasteiger partial charge in [0.05, 0.1) is 25.5 Å². The average Bonchev–Trinajstić information content (AvgIpc) is 2.62. The van der Waals surface area contributed by atoms with Gasteiger partial charge in [0.2, 0.25) is 5.88 Å². The predicted octanol–water partition coefficient (Wildman–Crippen LogP) is 3.51. The van der Waals surface area contributed by atoms with E-state index in [0.29, 0.717) is 5.88 Å². The highest BCUT2D eigenvalue weighted by Gasteiger charge is 2.13. The molecule has 0 amide bonds. The third-order valence-electron chi connectivity index (χ3n) is 3.81. The van der Waals surface area contributed by atoms with Crippen LogP contribution in [0.4, 0.5) is 0 Å². The first-order chi connectivity index (χ1) is 10.8. The van der Waals surface area contributed by atoms with Crippen LogP contribution in [0.15, 0.2) is 30.6 Å². The van der Waals surface area contributed by atoms with Crippen molar-refractivity contribution in [3.05, 3.63) is 36.2 Å². The third-order valence-corrected chi connectivity index (χ3v) is 3.81. The Balaban J connectivity index is 2.00. The van der Waals surface area contributed by atoms with Gasteiger partial charge < -0.3 is 9.47 Å². The van der Waals surface area contributed by atoms with Gasteiger partial charge >= 0.3 is 6.01 Å². The van der Waals surface area contributed by atoms with Crippen LogP contribution in [-0.4, -0.2) is 29.2 Å². The zero-order valence-electron chi connectivity index (χ0n) is 12.9. The summed E-state index contributed by atoms with van der Waals surface area (Å²) in [5.41, 5.74) is 4.18. The number of pyridine rings is 1. The number of nitrogens with zero attached hydrogens (tertiary/aromatic N) is 3. The molecule has 0 radical (unpaired) electrons. The molecule has 5 nitrogen and oxygen atoms in total. The van der Waals surface area contributed by atoms with Crippen LogP contribution in [0.3, 0.4) is 0 Å². The summed E-state index contributed by atoms with van der Waals surface area (Å²) in [6, 6.07) is 4.41. The number of ether oxygens (including phenoxy) is 2. The molecular formula is C17H19N3O2. The number of aromatic nitrogens is 3. The molecule has 2 aromatic rings. The van der Waals surface area contributed by atoms with E-state index in [1.807, 2.05) is 6.20 Å². The molecule has 0 aromatic carbocycles. The van der Waals surface area contributed by atoms with Crippen molar-refractivity contribution in [1.82, 2.24) is 15.0 Å². The van der Waals surface area contributed by atoms with Crippen molar-refractivity contribution >= 4 is 5.57 Å². The van der Waals surface area contributed by atoms with E-state index in [4.69, 9.17) is 9.47 Å². The van der Waals surface area contributed by atoms with Gasteiger partial charge in [-0.05, 0) is 49.0 Å².